The largest absolute Gasteiger partial charge is 0.507 e. The summed E-state index contributed by atoms with van der Waals surface area (Å²) in [6.45, 7) is 0. The predicted molar refractivity (Wildman–Crippen MR) is 119 cm³/mol. The van der Waals surface area contributed by atoms with Gasteiger partial charge in [-0.05, 0) is 70.1 Å². The van der Waals surface area contributed by atoms with E-state index >= 15 is 0 Å². The van der Waals surface area contributed by atoms with E-state index in [-0.39, 0.29) is 11.5 Å². The molecule has 0 heterocycles. The van der Waals surface area contributed by atoms with Crippen LogP contribution in [0.1, 0.15) is 0 Å². The van der Waals surface area contributed by atoms with Crippen LogP contribution in [0.15, 0.2) is 60.7 Å². The van der Waals surface area contributed by atoms with Crippen LogP contribution in [0.4, 0.5) is 0 Å². The molecular weight excluding hydrogens is 391 g/mol. The van der Waals surface area contributed by atoms with Crippen molar-refractivity contribution < 1.29 is 10.2 Å². The Hall–Kier alpha value is -2.94. The van der Waals surface area contributed by atoms with Crippen LogP contribution < -0.4 is 0 Å². The monoisotopic (exact) mass is 402 g/mol. The molecule has 6 rings (SSSR count). The van der Waals surface area contributed by atoms with Crippen LogP contribution in [0, 0.1) is 0 Å². The lowest BCUT2D eigenvalue weighted by atomic mass is 9.88. The topological polar surface area (TPSA) is 40.5 Å². The number of fused-ring (bicyclic) bond motifs is 4. The van der Waals surface area contributed by atoms with Crippen molar-refractivity contribution in [1.82, 2.24) is 0 Å². The molecule has 0 aliphatic heterocycles. The number of phenols is 2. The number of halogens is 2. The molecule has 0 saturated heterocycles. The lowest BCUT2D eigenvalue weighted by Crippen LogP contribution is -1.89. The van der Waals surface area contributed by atoms with Crippen molar-refractivity contribution in [2.24, 2.45) is 0 Å². The standard InChI is InChI=1S/C24H12Cl2O2/c25-11-1-3-15-19(9-11)13-5-8-18-22-14(6-7-17(21(13)22)23(15)27)20-10-12(26)2-4-16(20)24(18)28/h1-10,27-28H. The molecule has 4 heteroatoms. The zero-order valence-electron chi connectivity index (χ0n) is 14.4. The molecule has 0 aromatic heterocycles. The van der Waals surface area contributed by atoms with E-state index in [1.54, 1.807) is 12.1 Å². The lowest BCUT2D eigenvalue weighted by molar-refractivity contribution is 0.487. The fourth-order valence-corrected chi connectivity index (χ4v) is 4.87. The molecule has 0 aliphatic carbocycles. The summed E-state index contributed by atoms with van der Waals surface area (Å²) in [5.41, 5.74) is 0. The highest BCUT2D eigenvalue weighted by molar-refractivity contribution is 6.38. The van der Waals surface area contributed by atoms with Crippen molar-refractivity contribution in [3.63, 3.8) is 0 Å². The minimum absolute atomic E-state index is 0.222. The molecule has 0 atom stereocenters. The second-order valence-corrected chi connectivity index (χ2v) is 8.02. The zero-order chi connectivity index (χ0) is 19.2. The SMILES string of the molecule is Oc1c2ccc(Cl)cc2c2ccc3c(O)c4ccc(Cl)cc4c4ccc1c2c34. The van der Waals surface area contributed by atoms with Crippen molar-refractivity contribution in [1.29, 1.82) is 0 Å². The van der Waals surface area contributed by atoms with E-state index in [4.69, 9.17) is 23.2 Å². The summed E-state index contributed by atoms with van der Waals surface area (Å²) >= 11 is 12.5. The van der Waals surface area contributed by atoms with Gasteiger partial charge in [0.25, 0.3) is 0 Å². The Morgan fingerprint density at radius 1 is 0.429 bits per heavy atom. The Labute approximate surface area is 169 Å². The van der Waals surface area contributed by atoms with Crippen LogP contribution in [0.25, 0.3) is 53.9 Å². The van der Waals surface area contributed by atoms with Crippen LogP contribution >= 0.6 is 23.2 Å². The van der Waals surface area contributed by atoms with Crippen LogP contribution in [-0.4, -0.2) is 10.2 Å². The number of aromatic hydroxyl groups is 2. The van der Waals surface area contributed by atoms with Gasteiger partial charge in [0.15, 0.2) is 0 Å². The van der Waals surface area contributed by atoms with E-state index in [0.29, 0.717) is 10.0 Å². The Balaban J connectivity index is 2.00. The molecule has 0 radical (unpaired) electrons. The molecular formula is C24H12Cl2O2. The first-order valence-corrected chi connectivity index (χ1v) is 9.63. The molecule has 28 heavy (non-hydrogen) atoms. The van der Waals surface area contributed by atoms with E-state index < -0.39 is 0 Å². The summed E-state index contributed by atoms with van der Waals surface area (Å²) in [5.74, 6) is 0.443. The third-order valence-corrected chi connectivity index (χ3v) is 6.19. The summed E-state index contributed by atoms with van der Waals surface area (Å²) < 4.78 is 0. The molecule has 2 nitrogen and oxygen atoms in total. The molecule has 134 valence electrons. The van der Waals surface area contributed by atoms with Crippen molar-refractivity contribution >= 4 is 77.1 Å². The quantitative estimate of drug-likeness (QED) is 0.202. The van der Waals surface area contributed by atoms with Gasteiger partial charge in [0.1, 0.15) is 11.5 Å². The average Bonchev–Trinajstić information content (AvgIpc) is 2.70. The summed E-state index contributed by atoms with van der Waals surface area (Å²) in [5, 5.41) is 31.8. The van der Waals surface area contributed by atoms with Gasteiger partial charge in [0, 0.05) is 42.4 Å². The highest BCUT2D eigenvalue weighted by Crippen LogP contribution is 2.48. The van der Waals surface area contributed by atoms with Crippen molar-refractivity contribution in [2.45, 2.75) is 0 Å². The molecule has 0 saturated carbocycles. The maximum atomic E-state index is 11.0. The molecule has 0 amide bonds. The highest BCUT2D eigenvalue weighted by atomic mass is 35.5. The zero-order valence-corrected chi connectivity index (χ0v) is 15.9. The van der Waals surface area contributed by atoms with Gasteiger partial charge in [-0.1, -0.05) is 35.3 Å². The van der Waals surface area contributed by atoms with Crippen LogP contribution in [0.3, 0.4) is 0 Å². The third kappa shape index (κ3) is 1.89. The number of hydrogen-bond donors (Lipinski definition) is 2. The maximum absolute atomic E-state index is 11.0. The average molecular weight is 403 g/mol. The van der Waals surface area contributed by atoms with Gasteiger partial charge >= 0.3 is 0 Å². The number of phenolic OH excluding ortho intramolecular Hbond substituents is 2. The maximum Gasteiger partial charge on any atom is 0.131 e. The fraction of sp³-hybridized carbons (Fsp3) is 0. The van der Waals surface area contributed by atoms with E-state index in [2.05, 4.69) is 0 Å². The van der Waals surface area contributed by atoms with E-state index in [0.717, 1.165) is 53.9 Å². The first kappa shape index (κ1) is 16.1. The molecule has 0 spiro atoms. The van der Waals surface area contributed by atoms with Gasteiger partial charge in [-0.15, -0.1) is 0 Å². The minimum atomic E-state index is 0.222. The van der Waals surface area contributed by atoms with Gasteiger partial charge in [-0.2, -0.15) is 0 Å². The Morgan fingerprint density at radius 2 is 0.786 bits per heavy atom. The van der Waals surface area contributed by atoms with Gasteiger partial charge in [-0.25, -0.2) is 0 Å². The lowest BCUT2D eigenvalue weighted by Gasteiger charge is -2.17. The summed E-state index contributed by atoms with van der Waals surface area (Å²) in [6.07, 6.45) is 0. The number of benzene rings is 6. The molecule has 2 N–H and O–H groups in total. The smallest absolute Gasteiger partial charge is 0.131 e. The number of rotatable bonds is 0. The first-order chi connectivity index (χ1) is 13.5. The van der Waals surface area contributed by atoms with Gasteiger partial charge in [0.05, 0.1) is 0 Å². The molecule has 0 unspecified atom stereocenters. The van der Waals surface area contributed by atoms with Crippen molar-refractivity contribution in [2.75, 3.05) is 0 Å². The molecule has 0 bridgehead atoms. The molecule has 0 fully saturated rings. The Morgan fingerprint density at radius 3 is 1.21 bits per heavy atom. The molecule has 6 aromatic carbocycles. The fourth-order valence-electron chi connectivity index (χ4n) is 4.52. The third-order valence-electron chi connectivity index (χ3n) is 5.72. The normalized spacial score (nSPS) is 12.2. The molecule has 6 aromatic rings. The van der Waals surface area contributed by atoms with Gasteiger partial charge in [0.2, 0.25) is 0 Å². The van der Waals surface area contributed by atoms with Crippen LogP contribution in [-0.2, 0) is 0 Å². The molecule has 0 aliphatic rings. The Bertz CT molecular complexity index is 1480. The first-order valence-electron chi connectivity index (χ1n) is 8.87. The van der Waals surface area contributed by atoms with E-state index in [9.17, 15) is 10.2 Å². The minimum Gasteiger partial charge on any atom is -0.507 e. The van der Waals surface area contributed by atoms with Crippen LogP contribution in [0.2, 0.25) is 10.0 Å². The van der Waals surface area contributed by atoms with Gasteiger partial charge in [-0.3, -0.25) is 0 Å². The highest BCUT2D eigenvalue weighted by Gasteiger charge is 2.19. The second-order valence-electron chi connectivity index (χ2n) is 7.15. The van der Waals surface area contributed by atoms with Crippen LogP contribution in [0.5, 0.6) is 11.5 Å². The van der Waals surface area contributed by atoms with Crippen molar-refractivity contribution in [3.8, 4) is 11.5 Å². The summed E-state index contributed by atoms with van der Waals surface area (Å²) in [7, 11) is 0. The van der Waals surface area contributed by atoms with E-state index in [1.807, 2.05) is 48.5 Å². The summed E-state index contributed by atoms with van der Waals surface area (Å²) in [6, 6.07) is 18.8. The van der Waals surface area contributed by atoms with E-state index in [1.165, 1.54) is 0 Å². The van der Waals surface area contributed by atoms with Crippen molar-refractivity contribution in [3.05, 3.63) is 70.7 Å². The summed E-state index contributed by atoms with van der Waals surface area (Å²) in [4.78, 5) is 0. The number of hydrogen-bond acceptors (Lipinski definition) is 2. The predicted octanol–water partition coefficient (Wildman–Crippen LogP) is 7.61. The Kier molecular flexibility index (Phi) is 3.05. The van der Waals surface area contributed by atoms with Gasteiger partial charge < -0.3 is 10.2 Å². The second kappa shape index (κ2) is 5.32.